The molecule has 5 nitrogen and oxygen atoms in total. The van der Waals surface area contributed by atoms with E-state index in [-0.39, 0.29) is 0 Å². The topological polar surface area (TPSA) is 57.4 Å². The highest BCUT2D eigenvalue weighted by molar-refractivity contribution is 7.13. The average Bonchev–Trinajstić information content (AvgIpc) is 3.34. The highest BCUT2D eigenvalue weighted by Crippen LogP contribution is 2.43. The molecule has 0 unspecified atom stereocenters. The molecule has 0 atom stereocenters. The zero-order valence-corrected chi connectivity index (χ0v) is 17.6. The Labute approximate surface area is 180 Å². The number of nitrogens with zero attached hydrogens (tertiary/aromatic N) is 2. The molecule has 0 N–H and O–H groups in total. The number of hydrogen-bond acceptors (Lipinski definition) is 6. The monoisotopic (exact) mass is 444 g/mol. The van der Waals surface area contributed by atoms with Gasteiger partial charge in [0.05, 0.1) is 21.3 Å². The fourth-order valence-corrected chi connectivity index (χ4v) is 4.74. The summed E-state index contributed by atoms with van der Waals surface area (Å²) in [5, 5.41) is 8.00. The van der Waals surface area contributed by atoms with E-state index >= 15 is 0 Å². The highest BCUT2D eigenvalue weighted by Gasteiger charge is 2.23. The van der Waals surface area contributed by atoms with Crippen LogP contribution in [0.25, 0.3) is 33.1 Å². The van der Waals surface area contributed by atoms with Crippen molar-refractivity contribution in [2.24, 2.45) is 0 Å². The van der Waals surface area contributed by atoms with Crippen LogP contribution < -0.4 is 9.47 Å². The number of aryl methyl sites for hydroxylation is 1. The molecule has 5 rings (SSSR count). The van der Waals surface area contributed by atoms with Crippen molar-refractivity contribution in [3.8, 4) is 44.6 Å². The third-order valence-corrected chi connectivity index (χ3v) is 6.11. The zero-order valence-electron chi connectivity index (χ0n) is 15.2. The van der Waals surface area contributed by atoms with E-state index in [9.17, 15) is 0 Å². The third kappa shape index (κ3) is 3.27. The van der Waals surface area contributed by atoms with Gasteiger partial charge in [0, 0.05) is 16.5 Å². The van der Waals surface area contributed by atoms with E-state index in [1.165, 1.54) is 11.3 Å². The first kappa shape index (κ1) is 18.5. The number of rotatable bonds is 3. The summed E-state index contributed by atoms with van der Waals surface area (Å²) in [6.45, 7) is 2.95. The van der Waals surface area contributed by atoms with Gasteiger partial charge >= 0.3 is 0 Å². The van der Waals surface area contributed by atoms with Crippen molar-refractivity contribution in [2.75, 3.05) is 13.2 Å². The van der Waals surface area contributed by atoms with E-state index < -0.39 is 0 Å². The molecule has 2 aromatic carbocycles. The number of ether oxygens (including phenoxy) is 2. The fourth-order valence-electron chi connectivity index (χ4n) is 3.24. The van der Waals surface area contributed by atoms with Gasteiger partial charge in [-0.05, 0) is 37.3 Å². The summed E-state index contributed by atoms with van der Waals surface area (Å²) < 4.78 is 16.7. The molecule has 29 heavy (non-hydrogen) atoms. The Bertz CT molecular complexity index is 1200. The minimum atomic E-state index is 0.510. The summed E-state index contributed by atoms with van der Waals surface area (Å²) in [5.41, 5.74) is 3.79. The van der Waals surface area contributed by atoms with Crippen molar-refractivity contribution in [1.29, 1.82) is 0 Å². The maximum Gasteiger partial charge on any atom is 0.162 e. The number of thiazole rings is 1. The molecule has 0 aliphatic carbocycles. The van der Waals surface area contributed by atoms with Gasteiger partial charge in [-0.3, -0.25) is 0 Å². The van der Waals surface area contributed by atoms with Crippen LogP contribution >= 0.6 is 34.5 Å². The normalized spacial score (nSPS) is 12.9. The molecule has 1 aliphatic rings. The molecular formula is C21H14Cl2N2O3S. The number of fused-ring (bicyclic) bond motifs is 1. The second-order valence-corrected chi connectivity index (χ2v) is 8.13. The first-order valence-corrected chi connectivity index (χ1v) is 10.5. The van der Waals surface area contributed by atoms with E-state index in [1.54, 1.807) is 18.2 Å². The summed E-state index contributed by atoms with van der Waals surface area (Å²) in [7, 11) is 0. The Morgan fingerprint density at radius 3 is 2.52 bits per heavy atom. The van der Waals surface area contributed by atoms with Gasteiger partial charge < -0.3 is 14.0 Å². The SMILES string of the molecule is Cc1onc(-c2c(Cl)cccc2Cl)c1-c1nc(-c2ccc3c(c2)OCCO3)cs1. The maximum atomic E-state index is 6.39. The lowest BCUT2D eigenvalue weighted by molar-refractivity contribution is 0.171. The van der Waals surface area contributed by atoms with Crippen LogP contribution in [0.3, 0.4) is 0 Å². The summed E-state index contributed by atoms with van der Waals surface area (Å²) in [6.07, 6.45) is 0. The zero-order chi connectivity index (χ0) is 20.0. The Balaban J connectivity index is 1.58. The lowest BCUT2D eigenvalue weighted by Gasteiger charge is -2.18. The molecule has 8 heteroatoms. The summed E-state index contributed by atoms with van der Waals surface area (Å²) in [5.74, 6) is 2.13. The predicted octanol–water partition coefficient (Wildman–Crippen LogP) is 6.52. The molecule has 0 radical (unpaired) electrons. The quantitative estimate of drug-likeness (QED) is 0.359. The molecule has 0 saturated carbocycles. The molecule has 0 saturated heterocycles. The van der Waals surface area contributed by atoms with Crippen LogP contribution in [0.2, 0.25) is 10.0 Å². The van der Waals surface area contributed by atoms with Crippen molar-refractivity contribution in [3.05, 3.63) is 57.6 Å². The van der Waals surface area contributed by atoms with Crippen LogP contribution in [0, 0.1) is 6.92 Å². The molecule has 0 spiro atoms. The van der Waals surface area contributed by atoms with E-state index in [0.717, 1.165) is 33.3 Å². The Morgan fingerprint density at radius 2 is 1.72 bits per heavy atom. The number of aromatic nitrogens is 2. The van der Waals surface area contributed by atoms with Gasteiger partial charge in [-0.15, -0.1) is 11.3 Å². The molecule has 3 heterocycles. The van der Waals surface area contributed by atoms with E-state index in [4.69, 9.17) is 42.2 Å². The van der Waals surface area contributed by atoms with Crippen LogP contribution in [0.5, 0.6) is 11.5 Å². The highest BCUT2D eigenvalue weighted by atomic mass is 35.5. The summed E-state index contributed by atoms with van der Waals surface area (Å²) >= 11 is 14.3. The Kier molecular flexibility index (Phi) is 4.70. The molecule has 0 bridgehead atoms. The van der Waals surface area contributed by atoms with Gasteiger partial charge in [0.25, 0.3) is 0 Å². The summed E-state index contributed by atoms with van der Waals surface area (Å²) in [6, 6.07) is 11.2. The minimum Gasteiger partial charge on any atom is -0.486 e. The minimum absolute atomic E-state index is 0.510. The van der Waals surface area contributed by atoms with Crippen molar-refractivity contribution < 1.29 is 14.0 Å². The molecule has 4 aromatic rings. The third-order valence-electron chi connectivity index (χ3n) is 4.62. The number of halogens is 2. The molecule has 2 aromatic heterocycles. The van der Waals surface area contributed by atoms with Crippen molar-refractivity contribution in [2.45, 2.75) is 6.92 Å². The van der Waals surface area contributed by atoms with E-state index in [2.05, 4.69) is 5.16 Å². The summed E-state index contributed by atoms with van der Waals surface area (Å²) in [4.78, 5) is 4.81. The molecule has 0 amide bonds. The van der Waals surface area contributed by atoms with Crippen LogP contribution in [0.1, 0.15) is 5.76 Å². The van der Waals surface area contributed by atoms with Crippen molar-refractivity contribution in [3.63, 3.8) is 0 Å². The lowest BCUT2D eigenvalue weighted by atomic mass is 10.1. The molecule has 1 aliphatic heterocycles. The first-order valence-electron chi connectivity index (χ1n) is 8.88. The molecule has 0 fully saturated rings. The van der Waals surface area contributed by atoms with Crippen LogP contribution in [0.15, 0.2) is 46.3 Å². The predicted molar refractivity (Wildman–Crippen MR) is 114 cm³/mol. The Morgan fingerprint density at radius 1 is 0.966 bits per heavy atom. The lowest BCUT2D eigenvalue weighted by Crippen LogP contribution is -2.15. The van der Waals surface area contributed by atoms with Gasteiger partial charge in [0.1, 0.15) is 29.7 Å². The molecular weight excluding hydrogens is 431 g/mol. The van der Waals surface area contributed by atoms with Gasteiger partial charge in [-0.2, -0.15) is 0 Å². The van der Waals surface area contributed by atoms with E-state index in [1.807, 2.05) is 30.5 Å². The fraction of sp³-hybridized carbons (Fsp3) is 0.143. The van der Waals surface area contributed by atoms with Crippen molar-refractivity contribution in [1.82, 2.24) is 10.1 Å². The van der Waals surface area contributed by atoms with Crippen LogP contribution in [-0.2, 0) is 0 Å². The van der Waals surface area contributed by atoms with Crippen LogP contribution in [-0.4, -0.2) is 23.4 Å². The van der Waals surface area contributed by atoms with Crippen LogP contribution in [0.4, 0.5) is 0 Å². The maximum absolute atomic E-state index is 6.39. The van der Waals surface area contributed by atoms with Gasteiger partial charge in [-0.25, -0.2) is 4.98 Å². The standard InChI is InChI=1S/C21H14Cl2N2O3S/c1-11-18(20(25-28-11)19-13(22)3-2-4-14(19)23)21-24-15(10-29-21)12-5-6-16-17(9-12)27-8-7-26-16/h2-6,9-10H,7-8H2,1H3. The molecule has 146 valence electrons. The van der Waals surface area contributed by atoms with E-state index in [0.29, 0.717) is 40.3 Å². The smallest absolute Gasteiger partial charge is 0.162 e. The van der Waals surface area contributed by atoms with Gasteiger partial charge in [0.15, 0.2) is 11.5 Å². The number of benzene rings is 2. The van der Waals surface area contributed by atoms with Gasteiger partial charge in [0.2, 0.25) is 0 Å². The Hall–Kier alpha value is -2.54. The number of hydrogen-bond donors (Lipinski definition) is 0. The second-order valence-electron chi connectivity index (χ2n) is 6.46. The first-order chi connectivity index (χ1) is 14.1. The average molecular weight is 445 g/mol. The van der Waals surface area contributed by atoms with Crippen molar-refractivity contribution >= 4 is 34.5 Å². The second kappa shape index (κ2) is 7.37. The van der Waals surface area contributed by atoms with Gasteiger partial charge in [-0.1, -0.05) is 34.4 Å². The largest absolute Gasteiger partial charge is 0.486 e.